The number of ether oxygens (including phenoxy) is 2. The summed E-state index contributed by atoms with van der Waals surface area (Å²) in [5.41, 5.74) is 3.06. The molecule has 1 aliphatic carbocycles. The molecule has 0 aliphatic heterocycles. The normalized spacial score (nSPS) is 14.0. The van der Waals surface area contributed by atoms with Gasteiger partial charge in [-0.05, 0) is 49.6 Å². The average Bonchev–Trinajstić information content (AvgIpc) is 2.73. The topological polar surface area (TPSA) is 59.6 Å². The first-order valence-corrected chi connectivity index (χ1v) is 10.0. The second-order valence-corrected chi connectivity index (χ2v) is 7.40. The van der Waals surface area contributed by atoms with Crippen molar-refractivity contribution in [2.24, 2.45) is 0 Å². The summed E-state index contributed by atoms with van der Waals surface area (Å²) in [6.45, 7) is 2.76. The van der Waals surface area contributed by atoms with Gasteiger partial charge in [-0.1, -0.05) is 43.0 Å². The van der Waals surface area contributed by atoms with Crippen LogP contribution in [0.5, 0.6) is 11.5 Å². The van der Waals surface area contributed by atoms with E-state index in [0.717, 1.165) is 23.4 Å². The van der Waals surface area contributed by atoms with Crippen molar-refractivity contribution in [3.63, 3.8) is 0 Å². The van der Waals surface area contributed by atoms with E-state index < -0.39 is 0 Å². The highest BCUT2D eigenvalue weighted by molar-refractivity contribution is 5.91. The number of hydrogen-bond donors (Lipinski definition) is 2. The lowest BCUT2D eigenvalue weighted by Gasteiger charge is -2.23. The number of aryl methyl sites for hydroxylation is 1. The number of carbonyl (C=O) groups excluding carboxylic acids is 1. The lowest BCUT2D eigenvalue weighted by Crippen LogP contribution is -2.30. The number of methoxy groups -OCH3 is 1. The Balaban J connectivity index is 0.00000300. The lowest BCUT2D eigenvalue weighted by atomic mass is 9.95. The van der Waals surface area contributed by atoms with E-state index in [-0.39, 0.29) is 24.9 Å². The molecule has 0 heterocycles. The molecule has 1 amide bonds. The van der Waals surface area contributed by atoms with Crippen LogP contribution in [-0.4, -0.2) is 25.7 Å². The quantitative estimate of drug-likeness (QED) is 0.642. The molecule has 1 saturated carbocycles. The van der Waals surface area contributed by atoms with E-state index in [1.54, 1.807) is 7.11 Å². The first-order valence-electron chi connectivity index (χ1n) is 10.0. The molecule has 0 atom stereocenters. The molecule has 0 aromatic heterocycles. The molecule has 2 aromatic carbocycles. The minimum absolute atomic E-state index is 0. The molecule has 0 saturated heterocycles. The summed E-state index contributed by atoms with van der Waals surface area (Å²) in [6.07, 6.45) is 6.51. The largest absolute Gasteiger partial charge is 0.493 e. The molecule has 1 aliphatic rings. The summed E-state index contributed by atoms with van der Waals surface area (Å²) in [4.78, 5) is 12.1. The van der Waals surface area contributed by atoms with Crippen molar-refractivity contribution in [3.05, 3.63) is 53.6 Å². The molecule has 1 fully saturated rings. The van der Waals surface area contributed by atoms with Crippen molar-refractivity contribution in [2.75, 3.05) is 19.0 Å². The summed E-state index contributed by atoms with van der Waals surface area (Å²) in [5, 5.41) is 6.46. The van der Waals surface area contributed by atoms with Gasteiger partial charge in [-0.2, -0.15) is 0 Å². The van der Waals surface area contributed by atoms with Gasteiger partial charge in [0.15, 0.2) is 18.1 Å². The third-order valence-corrected chi connectivity index (χ3v) is 5.12. The van der Waals surface area contributed by atoms with Gasteiger partial charge in [0, 0.05) is 18.3 Å². The number of carbonyl (C=O) groups is 1. The lowest BCUT2D eigenvalue weighted by molar-refractivity contribution is -0.118. The molecule has 5 nitrogen and oxygen atoms in total. The van der Waals surface area contributed by atoms with E-state index in [9.17, 15) is 4.79 Å². The molecule has 29 heavy (non-hydrogen) atoms. The van der Waals surface area contributed by atoms with Crippen LogP contribution in [0.4, 0.5) is 5.69 Å². The fourth-order valence-electron chi connectivity index (χ4n) is 3.49. The van der Waals surface area contributed by atoms with Gasteiger partial charge in [-0.3, -0.25) is 4.79 Å². The molecular formula is C23H31ClN2O3. The van der Waals surface area contributed by atoms with E-state index in [2.05, 4.69) is 10.6 Å². The van der Waals surface area contributed by atoms with Crippen molar-refractivity contribution in [2.45, 2.75) is 51.6 Å². The molecule has 3 rings (SSSR count). The predicted octanol–water partition coefficient (Wildman–Crippen LogP) is 4.87. The van der Waals surface area contributed by atoms with Gasteiger partial charge in [-0.25, -0.2) is 0 Å². The summed E-state index contributed by atoms with van der Waals surface area (Å²) in [5.74, 6) is 1.02. The standard InChI is InChI=1S/C23H30N2O3.ClH/c1-17-8-11-20(12-9-17)25-23(26)16-28-21-13-10-18(14-22(21)27-2)15-24-19-6-4-3-5-7-19;/h8-14,19,24H,3-7,15-16H2,1-2H3,(H,25,26);1H. The second-order valence-electron chi connectivity index (χ2n) is 7.40. The molecule has 0 bridgehead atoms. The van der Waals surface area contributed by atoms with Crippen molar-refractivity contribution >= 4 is 24.0 Å². The summed E-state index contributed by atoms with van der Waals surface area (Å²) < 4.78 is 11.1. The van der Waals surface area contributed by atoms with Gasteiger partial charge < -0.3 is 20.1 Å². The van der Waals surface area contributed by atoms with Crippen LogP contribution in [0.2, 0.25) is 0 Å². The Labute approximate surface area is 179 Å². The summed E-state index contributed by atoms with van der Waals surface area (Å²) in [6, 6.07) is 14.1. The fraction of sp³-hybridized carbons (Fsp3) is 0.435. The van der Waals surface area contributed by atoms with Crippen molar-refractivity contribution < 1.29 is 14.3 Å². The van der Waals surface area contributed by atoms with Crippen LogP contribution in [0.25, 0.3) is 0 Å². The van der Waals surface area contributed by atoms with Gasteiger partial charge in [-0.15, -0.1) is 12.4 Å². The maximum Gasteiger partial charge on any atom is 0.262 e. The number of benzene rings is 2. The Kier molecular flexibility index (Phi) is 9.29. The van der Waals surface area contributed by atoms with Crippen LogP contribution in [-0.2, 0) is 11.3 Å². The third kappa shape index (κ3) is 7.26. The van der Waals surface area contributed by atoms with Gasteiger partial charge >= 0.3 is 0 Å². The van der Waals surface area contributed by atoms with Crippen LogP contribution in [0.1, 0.15) is 43.2 Å². The van der Waals surface area contributed by atoms with Crippen molar-refractivity contribution in [1.82, 2.24) is 5.32 Å². The molecule has 2 aromatic rings. The van der Waals surface area contributed by atoms with E-state index in [4.69, 9.17) is 9.47 Å². The third-order valence-electron chi connectivity index (χ3n) is 5.12. The van der Waals surface area contributed by atoms with E-state index in [1.807, 2.05) is 49.4 Å². The number of hydrogen-bond acceptors (Lipinski definition) is 4. The van der Waals surface area contributed by atoms with Gasteiger partial charge in [0.25, 0.3) is 5.91 Å². The van der Waals surface area contributed by atoms with Crippen LogP contribution < -0.4 is 20.1 Å². The Hall–Kier alpha value is -2.24. The van der Waals surface area contributed by atoms with E-state index in [0.29, 0.717) is 17.5 Å². The average molecular weight is 419 g/mol. The zero-order valence-corrected chi connectivity index (χ0v) is 18.0. The highest BCUT2D eigenvalue weighted by atomic mass is 35.5. The SMILES string of the molecule is COc1cc(CNC2CCCCC2)ccc1OCC(=O)Nc1ccc(C)cc1.Cl. The summed E-state index contributed by atoms with van der Waals surface area (Å²) >= 11 is 0. The molecule has 6 heteroatoms. The molecule has 0 radical (unpaired) electrons. The van der Waals surface area contributed by atoms with Crippen molar-refractivity contribution in [1.29, 1.82) is 0 Å². The number of amides is 1. The predicted molar refractivity (Wildman–Crippen MR) is 119 cm³/mol. The maximum atomic E-state index is 12.1. The molecule has 0 unspecified atom stereocenters. The molecular weight excluding hydrogens is 388 g/mol. The Morgan fingerprint density at radius 1 is 1.03 bits per heavy atom. The first kappa shape index (κ1) is 23.0. The highest BCUT2D eigenvalue weighted by Crippen LogP contribution is 2.28. The van der Waals surface area contributed by atoms with E-state index >= 15 is 0 Å². The first-order chi connectivity index (χ1) is 13.6. The molecule has 2 N–H and O–H groups in total. The number of halogens is 1. The van der Waals surface area contributed by atoms with Crippen molar-refractivity contribution in [3.8, 4) is 11.5 Å². The van der Waals surface area contributed by atoms with Crippen LogP contribution in [0.15, 0.2) is 42.5 Å². The van der Waals surface area contributed by atoms with Gasteiger partial charge in [0.05, 0.1) is 7.11 Å². The molecule has 158 valence electrons. The fourth-order valence-corrected chi connectivity index (χ4v) is 3.49. The zero-order chi connectivity index (χ0) is 19.8. The summed E-state index contributed by atoms with van der Waals surface area (Å²) in [7, 11) is 1.62. The second kappa shape index (κ2) is 11.7. The number of nitrogens with one attached hydrogen (secondary N) is 2. The van der Waals surface area contributed by atoms with Gasteiger partial charge in [0.2, 0.25) is 0 Å². The minimum Gasteiger partial charge on any atom is -0.493 e. The Bertz CT molecular complexity index is 774. The smallest absolute Gasteiger partial charge is 0.262 e. The number of anilines is 1. The van der Waals surface area contributed by atoms with E-state index in [1.165, 1.54) is 32.1 Å². The van der Waals surface area contributed by atoms with Crippen LogP contribution >= 0.6 is 12.4 Å². The maximum absolute atomic E-state index is 12.1. The minimum atomic E-state index is -0.200. The molecule has 0 spiro atoms. The number of rotatable bonds is 8. The highest BCUT2D eigenvalue weighted by Gasteiger charge is 2.13. The van der Waals surface area contributed by atoms with Gasteiger partial charge in [0.1, 0.15) is 0 Å². The monoisotopic (exact) mass is 418 g/mol. The Morgan fingerprint density at radius 3 is 2.45 bits per heavy atom. The zero-order valence-electron chi connectivity index (χ0n) is 17.2. The van der Waals surface area contributed by atoms with Crippen LogP contribution in [0, 0.1) is 6.92 Å². The Morgan fingerprint density at radius 2 is 1.76 bits per heavy atom. The van der Waals surface area contributed by atoms with Crippen LogP contribution in [0.3, 0.4) is 0 Å².